The molecule has 0 bridgehead atoms. The Kier molecular flexibility index (Phi) is 3.47. The zero-order valence-corrected chi connectivity index (χ0v) is 10.1. The lowest BCUT2D eigenvalue weighted by Gasteiger charge is -1.92. The van der Waals surface area contributed by atoms with Gasteiger partial charge in [-0.3, -0.25) is 0 Å². The summed E-state index contributed by atoms with van der Waals surface area (Å²) in [6.45, 7) is 0.638. The Morgan fingerprint density at radius 1 is 1.69 bits per heavy atom. The van der Waals surface area contributed by atoms with Crippen molar-refractivity contribution in [1.29, 1.82) is 0 Å². The monoisotopic (exact) mass is 284 g/mol. The van der Waals surface area contributed by atoms with E-state index in [-0.39, 0.29) is 4.90 Å². The molecule has 1 heterocycles. The molecule has 0 aliphatic carbocycles. The molecule has 0 saturated carbocycles. The van der Waals surface area contributed by atoms with Crippen LogP contribution >= 0.6 is 27.3 Å². The van der Waals surface area contributed by atoms with Gasteiger partial charge in [0, 0.05) is 11.4 Å². The van der Waals surface area contributed by atoms with Gasteiger partial charge in [-0.1, -0.05) is 0 Å². The predicted octanol–water partition coefficient (Wildman–Crippen LogP) is 0.877. The molecule has 1 aromatic rings. The van der Waals surface area contributed by atoms with Crippen molar-refractivity contribution in [3.63, 3.8) is 0 Å². The van der Waals surface area contributed by atoms with Crippen molar-refractivity contribution in [2.24, 2.45) is 5.14 Å². The second kappa shape index (κ2) is 4.05. The van der Waals surface area contributed by atoms with Crippen LogP contribution in [0.4, 0.5) is 0 Å². The van der Waals surface area contributed by atoms with E-state index in [4.69, 9.17) is 5.14 Å². The molecular formula is C6H9BrN2O2S2. The van der Waals surface area contributed by atoms with Crippen LogP contribution in [0.2, 0.25) is 0 Å². The highest BCUT2D eigenvalue weighted by atomic mass is 79.9. The fraction of sp³-hybridized carbons (Fsp3) is 0.333. The lowest BCUT2D eigenvalue weighted by molar-refractivity contribution is 0.597. The maximum absolute atomic E-state index is 11.0. The summed E-state index contributed by atoms with van der Waals surface area (Å²) < 4.78 is 22.6. The average Bonchev–Trinajstić information content (AvgIpc) is 2.30. The van der Waals surface area contributed by atoms with Crippen LogP contribution in [0.1, 0.15) is 4.88 Å². The van der Waals surface area contributed by atoms with Crippen LogP contribution < -0.4 is 10.5 Å². The summed E-state index contributed by atoms with van der Waals surface area (Å²) >= 11 is 4.52. The smallest absolute Gasteiger partial charge is 0.240 e. The van der Waals surface area contributed by atoms with Crippen LogP contribution in [0.3, 0.4) is 0 Å². The van der Waals surface area contributed by atoms with Gasteiger partial charge in [-0.05, 0) is 29.0 Å². The van der Waals surface area contributed by atoms with E-state index in [0.717, 1.165) is 4.88 Å². The van der Waals surface area contributed by atoms with Gasteiger partial charge in [0.2, 0.25) is 10.0 Å². The topological polar surface area (TPSA) is 72.2 Å². The molecular weight excluding hydrogens is 276 g/mol. The minimum Gasteiger partial charge on any atom is -0.315 e. The van der Waals surface area contributed by atoms with Gasteiger partial charge in [-0.2, -0.15) is 0 Å². The van der Waals surface area contributed by atoms with Crippen LogP contribution in [0, 0.1) is 0 Å². The standard InChI is InChI=1S/C6H9BrN2O2S2/c1-9-3-4-2-5(6(7)12-4)13(8,10)11/h2,9H,3H2,1H3,(H2,8,10,11). The van der Waals surface area contributed by atoms with Crippen molar-refractivity contribution in [3.05, 3.63) is 14.7 Å². The molecule has 7 heteroatoms. The number of thiophene rings is 1. The predicted molar refractivity (Wildman–Crippen MR) is 56.2 cm³/mol. The molecule has 0 aromatic carbocycles. The van der Waals surface area contributed by atoms with Gasteiger partial charge in [0.25, 0.3) is 0 Å². The number of nitrogens with two attached hydrogens (primary N) is 1. The van der Waals surface area contributed by atoms with Crippen molar-refractivity contribution in [3.8, 4) is 0 Å². The van der Waals surface area contributed by atoms with Gasteiger partial charge in [0.15, 0.2) is 0 Å². The van der Waals surface area contributed by atoms with Crippen molar-refractivity contribution >= 4 is 37.3 Å². The molecule has 0 aliphatic heterocycles. The van der Waals surface area contributed by atoms with E-state index in [1.807, 2.05) is 0 Å². The summed E-state index contributed by atoms with van der Waals surface area (Å²) in [6, 6.07) is 1.57. The molecule has 0 unspecified atom stereocenters. The van der Waals surface area contributed by atoms with Gasteiger partial charge < -0.3 is 5.32 Å². The van der Waals surface area contributed by atoms with Gasteiger partial charge in [-0.15, -0.1) is 11.3 Å². The van der Waals surface area contributed by atoms with Gasteiger partial charge >= 0.3 is 0 Å². The Balaban J connectivity index is 3.11. The van der Waals surface area contributed by atoms with Crippen molar-refractivity contribution in [2.75, 3.05) is 7.05 Å². The molecule has 0 fully saturated rings. The van der Waals surface area contributed by atoms with Gasteiger partial charge in [0.1, 0.15) is 4.90 Å². The first-order valence-corrected chi connectivity index (χ1v) is 6.56. The molecule has 13 heavy (non-hydrogen) atoms. The molecule has 0 aliphatic rings. The molecule has 1 aromatic heterocycles. The van der Waals surface area contributed by atoms with E-state index in [9.17, 15) is 8.42 Å². The van der Waals surface area contributed by atoms with Gasteiger partial charge in [-0.25, -0.2) is 13.6 Å². The van der Waals surface area contributed by atoms with E-state index in [1.165, 1.54) is 11.3 Å². The highest BCUT2D eigenvalue weighted by Crippen LogP contribution is 2.30. The number of primary sulfonamides is 1. The normalized spacial score (nSPS) is 11.9. The van der Waals surface area contributed by atoms with Crippen molar-refractivity contribution < 1.29 is 8.42 Å². The molecule has 0 amide bonds. The minimum absolute atomic E-state index is 0.155. The molecule has 0 radical (unpaired) electrons. The number of sulfonamides is 1. The summed E-state index contributed by atoms with van der Waals surface area (Å²) in [7, 11) is -1.80. The van der Waals surface area contributed by atoms with Crippen LogP contribution in [0.15, 0.2) is 14.7 Å². The summed E-state index contributed by atoms with van der Waals surface area (Å²) in [6.07, 6.45) is 0. The molecule has 0 atom stereocenters. The Morgan fingerprint density at radius 3 is 2.69 bits per heavy atom. The summed E-state index contributed by atoms with van der Waals surface area (Å²) in [4.78, 5) is 1.08. The lowest BCUT2D eigenvalue weighted by atomic mass is 10.5. The highest BCUT2D eigenvalue weighted by molar-refractivity contribution is 9.11. The van der Waals surface area contributed by atoms with E-state index >= 15 is 0 Å². The third kappa shape index (κ3) is 2.75. The average molecular weight is 285 g/mol. The molecule has 74 valence electrons. The van der Waals surface area contributed by atoms with Crippen molar-refractivity contribution in [2.45, 2.75) is 11.4 Å². The lowest BCUT2D eigenvalue weighted by Crippen LogP contribution is -2.11. The Morgan fingerprint density at radius 2 is 2.31 bits per heavy atom. The van der Waals surface area contributed by atoms with Crippen LogP contribution in [0.5, 0.6) is 0 Å². The molecule has 0 saturated heterocycles. The minimum atomic E-state index is -3.60. The quantitative estimate of drug-likeness (QED) is 0.866. The summed E-state index contributed by atoms with van der Waals surface area (Å²) in [5.41, 5.74) is 0. The third-order valence-electron chi connectivity index (χ3n) is 1.36. The SMILES string of the molecule is CNCc1cc(S(N)(=O)=O)c(Br)s1. The highest BCUT2D eigenvalue weighted by Gasteiger charge is 2.15. The van der Waals surface area contributed by atoms with E-state index < -0.39 is 10.0 Å². The maximum Gasteiger partial charge on any atom is 0.240 e. The first-order chi connectivity index (χ1) is 5.95. The largest absolute Gasteiger partial charge is 0.315 e. The summed E-state index contributed by atoms with van der Waals surface area (Å²) in [5.74, 6) is 0. The zero-order valence-electron chi connectivity index (χ0n) is 6.87. The Labute approximate surface area is 89.3 Å². The van der Waals surface area contributed by atoms with Crippen molar-refractivity contribution in [1.82, 2.24) is 5.32 Å². The number of rotatable bonds is 3. The van der Waals surface area contributed by atoms with Crippen LogP contribution in [-0.2, 0) is 16.6 Å². The fourth-order valence-electron chi connectivity index (χ4n) is 0.853. The third-order valence-corrected chi connectivity index (χ3v) is 4.53. The van der Waals surface area contributed by atoms with Gasteiger partial charge in [0.05, 0.1) is 3.79 Å². The second-order valence-electron chi connectivity index (χ2n) is 2.43. The zero-order chi connectivity index (χ0) is 10.1. The number of hydrogen-bond acceptors (Lipinski definition) is 4. The van der Waals surface area contributed by atoms with E-state index in [2.05, 4.69) is 21.2 Å². The number of nitrogens with one attached hydrogen (secondary N) is 1. The van der Waals surface area contributed by atoms with E-state index in [1.54, 1.807) is 13.1 Å². The Bertz CT molecular complexity index is 399. The number of halogens is 1. The Hall–Kier alpha value is 0.0500. The summed E-state index contributed by atoms with van der Waals surface area (Å²) in [5, 5.41) is 7.93. The molecule has 1 rings (SSSR count). The maximum atomic E-state index is 11.0. The van der Waals surface area contributed by atoms with E-state index in [0.29, 0.717) is 10.3 Å². The van der Waals surface area contributed by atoms with Crippen LogP contribution in [0.25, 0.3) is 0 Å². The fourth-order valence-corrected chi connectivity index (χ4v) is 4.13. The molecule has 3 N–H and O–H groups in total. The first kappa shape index (κ1) is 11.1. The number of hydrogen-bond donors (Lipinski definition) is 2. The first-order valence-electron chi connectivity index (χ1n) is 3.40. The van der Waals surface area contributed by atoms with Crippen LogP contribution in [-0.4, -0.2) is 15.5 Å². The second-order valence-corrected chi connectivity index (χ2v) is 6.41. The molecule has 0 spiro atoms. The molecule has 4 nitrogen and oxygen atoms in total.